The predicted octanol–water partition coefficient (Wildman–Crippen LogP) is 2.68. The van der Waals surface area contributed by atoms with Gasteiger partial charge in [-0.3, -0.25) is 9.78 Å². The summed E-state index contributed by atoms with van der Waals surface area (Å²) >= 11 is 0. The fourth-order valence-electron chi connectivity index (χ4n) is 4.22. The summed E-state index contributed by atoms with van der Waals surface area (Å²) in [5, 5.41) is 0. The minimum Gasteiger partial charge on any atom is -0.487 e. The van der Waals surface area contributed by atoms with Gasteiger partial charge in [0.2, 0.25) is 15.9 Å². The molecule has 3 heterocycles. The number of pyridine rings is 1. The van der Waals surface area contributed by atoms with Gasteiger partial charge in [0.15, 0.2) is 0 Å². The minimum absolute atomic E-state index is 0.0912. The standard InChI is InChI=1S/C22H27N3O4S/c1-16(2)22(26)24-12-9-18-19(10-13-24)29-20-7-3-4-8-21(20)30(27,28)25(18)15-17-6-5-11-23-14-17/h3-8,11,14,16,18-19H,9-10,12-13,15H2,1-2H3/t18-,19-/m0/s1. The van der Waals surface area contributed by atoms with Crippen LogP contribution in [0.1, 0.15) is 32.3 Å². The normalized spacial score (nSPS) is 23.6. The molecule has 1 aromatic heterocycles. The third-order valence-electron chi connectivity index (χ3n) is 5.76. The smallest absolute Gasteiger partial charge is 0.247 e. The zero-order valence-corrected chi connectivity index (χ0v) is 18.1. The number of ether oxygens (including phenoxy) is 1. The summed E-state index contributed by atoms with van der Waals surface area (Å²) in [6.45, 7) is 5.06. The van der Waals surface area contributed by atoms with Crippen LogP contribution >= 0.6 is 0 Å². The highest BCUT2D eigenvalue weighted by atomic mass is 32.2. The van der Waals surface area contributed by atoms with Gasteiger partial charge in [0.1, 0.15) is 16.7 Å². The molecular weight excluding hydrogens is 402 g/mol. The van der Waals surface area contributed by atoms with E-state index < -0.39 is 10.0 Å². The molecule has 7 nitrogen and oxygen atoms in total. The maximum atomic E-state index is 13.7. The van der Waals surface area contributed by atoms with E-state index in [9.17, 15) is 13.2 Å². The lowest BCUT2D eigenvalue weighted by atomic mass is 10.1. The topological polar surface area (TPSA) is 79.8 Å². The largest absolute Gasteiger partial charge is 0.487 e. The molecule has 1 amide bonds. The number of nitrogens with zero attached hydrogens (tertiary/aromatic N) is 3. The minimum atomic E-state index is -3.78. The van der Waals surface area contributed by atoms with E-state index in [1.54, 1.807) is 47.0 Å². The van der Waals surface area contributed by atoms with E-state index in [-0.39, 0.29) is 35.4 Å². The summed E-state index contributed by atoms with van der Waals surface area (Å²) in [6.07, 6.45) is 4.13. The number of hydrogen-bond acceptors (Lipinski definition) is 5. The van der Waals surface area contributed by atoms with Crippen LogP contribution in [0.5, 0.6) is 5.75 Å². The predicted molar refractivity (Wildman–Crippen MR) is 112 cm³/mol. The van der Waals surface area contributed by atoms with Crippen LogP contribution in [-0.2, 0) is 21.4 Å². The number of sulfonamides is 1. The molecule has 0 spiro atoms. The summed E-state index contributed by atoms with van der Waals surface area (Å²) in [4.78, 5) is 18.7. The van der Waals surface area contributed by atoms with Crippen molar-refractivity contribution in [3.8, 4) is 5.75 Å². The van der Waals surface area contributed by atoms with Crippen molar-refractivity contribution in [2.75, 3.05) is 13.1 Å². The molecule has 160 valence electrons. The van der Waals surface area contributed by atoms with Gasteiger partial charge in [-0.15, -0.1) is 0 Å². The summed E-state index contributed by atoms with van der Waals surface area (Å²) in [7, 11) is -3.78. The van der Waals surface area contributed by atoms with Crippen LogP contribution in [0, 0.1) is 5.92 Å². The van der Waals surface area contributed by atoms with E-state index in [0.717, 1.165) is 5.56 Å². The Morgan fingerprint density at radius 2 is 1.93 bits per heavy atom. The van der Waals surface area contributed by atoms with Gasteiger partial charge in [-0.1, -0.05) is 32.0 Å². The monoisotopic (exact) mass is 429 g/mol. The van der Waals surface area contributed by atoms with Crippen LogP contribution in [0.15, 0.2) is 53.7 Å². The molecular formula is C22H27N3O4S. The molecule has 30 heavy (non-hydrogen) atoms. The van der Waals surface area contributed by atoms with E-state index in [2.05, 4.69) is 4.98 Å². The molecule has 0 saturated carbocycles. The van der Waals surface area contributed by atoms with Gasteiger partial charge in [0, 0.05) is 44.4 Å². The van der Waals surface area contributed by atoms with Gasteiger partial charge < -0.3 is 9.64 Å². The van der Waals surface area contributed by atoms with Crippen molar-refractivity contribution in [2.24, 2.45) is 5.92 Å². The molecule has 2 aliphatic heterocycles. The van der Waals surface area contributed by atoms with Gasteiger partial charge in [0.25, 0.3) is 0 Å². The number of amides is 1. The SMILES string of the molecule is CC(C)C(=O)N1CC[C@@H]2Oc3ccccc3S(=O)(=O)N(Cc3cccnc3)[C@H]2CC1. The van der Waals surface area contributed by atoms with Crippen molar-refractivity contribution in [3.63, 3.8) is 0 Å². The third kappa shape index (κ3) is 3.94. The maximum absolute atomic E-state index is 13.7. The van der Waals surface area contributed by atoms with Crippen molar-refractivity contribution in [1.29, 1.82) is 0 Å². The molecule has 1 fully saturated rings. The Kier molecular flexibility index (Phi) is 5.79. The Balaban J connectivity index is 1.74. The molecule has 0 bridgehead atoms. The van der Waals surface area contributed by atoms with Gasteiger partial charge in [-0.05, 0) is 30.2 Å². The Labute approximate surface area is 177 Å². The highest BCUT2D eigenvalue weighted by Crippen LogP contribution is 2.37. The van der Waals surface area contributed by atoms with Crippen molar-refractivity contribution in [3.05, 3.63) is 54.4 Å². The number of aromatic nitrogens is 1. The number of rotatable bonds is 3. The fourth-order valence-corrected chi connectivity index (χ4v) is 6.01. The molecule has 8 heteroatoms. The first-order valence-corrected chi connectivity index (χ1v) is 11.8. The first-order chi connectivity index (χ1) is 14.4. The van der Waals surface area contributed by atoms with E-state index in [1.165, 1.54) is 0 Å². The summed E-state index contributed by atoms with van der Waals surface area (Å²) in [5.74, 6) is 0.378. The van der Waals surface area contributed by atoms with Crippen molar-refractivity contribution in [1.82, 2.24) is 14.2 Å². The van der Waals surface area contributed by atoms with Crippen molar-refractivity contribution >= 4 is 15.9 Å². The first-order valence-electron chi connectivity index (χ1n) is 10.3. The number of para-hydroxylation sites is 1. The van der Waals surface area contributed by atoms with Crippen LogP contribution in [0.3, 0.4) is 0 Å². The van der Waals surface area contributed by atoms with Crippen molar-refractivity contribution in [2.45, 2.75) is 50.3 Å². The molecule has 0 radical (unpaired) electrons. The van der Waals surface area contributed by atoms with E-state index in [1.807, 2.05) is 24.8 Å². The van der Waals surface area contributed by atoms with E-state index >= 15 is 0 Å². The van der Waals surface area contributed by atoms with Gasteiger partial charge >= 0.3 is 0 Å². The fraction of sp³-hybridized carbons (Fsp3) is 0.455. The highest BCUT2D eigenvalue weighted by Gasteiger charge is 2.43. The second-order valence-electron chi connectivity index (χ2n) is 8.14. The molecule has 1 aromatic carbocycles. The molecule has 0 N–H and O–H groups in total. The maximum Gasteiger partial charge on any atom is 0.247 e. The number of carbonyl (C=O) groups excluding carboxylic acids is 1. The molecule has 0 aliphatic carbocycles. The van der Waals surface area contributed by atoms with Crippen LogP contribution in [-0.4, -0.2) is 53.7 Å². The molecule has 2 aromatic rings. The Hall–Kier alpha value is -2.45. The second kappa shape index (κ2) is 8.35. The second-order valence-corrected chi connectivity index (χ2v) is 10.00. The number of fused-ring (bicyclic) bond motifs is 2. The lowest BCUT2D eigenvalue weighted by Gasteiger charge is -2.31. The Morgan fingerprint density at radius 1 is 1.17 bits per heavy atom. The van der Waals surface area contributed by atoms with Crippen LogP contribution in [0.4, 0.5) is 0 Å². The summed E-state index contributed by atoms with van der Waals surface area (Å²) in [5.41, 5.74) is 0.818. The lowest BCUT2D eigenvalue weighted by Crippen LogP contribution is -2.46. The quantitative estimate of drug-likeness (QED) is 0.750. The zero-order valence-electron chi connectivity index (χ0n) is 17.3. The van der Waals surface area contributed by atoms with Gasteiger partial charge in [0.05, 0.1) is 6.04 Å². The molecule has 4 rings (SSSR count). The number of hydrogen-bond donors (Lipinski definition) is 0. The lowest BCUT2D eigenvalue weighted by molar-refractivity contribution is -0.134. The molecule has 2 aliphatic rings. The Bertz CT molecular complexity index is 1010. The Morgan fingerprint density at radius 3 is 2.67 bits per heavy atom. The summed E-state index contributed by atoms with van der Waals surface area (Å²) in [6, 6.07) is 10.1. The summed E-state index contributed by atoms with van der Waals surface area (Å²) < 4.78 is 35.1. The van der Waals surface area contributed by atoms with Crippen LogP contribution in [0.25, 0.3) is 0 Å². The van der Waals surface area contributed by atoms with Crippen molar-refractivity contribution < 1.29 is 17.9 Å². The molecule has 0 unspecified atom stereocenters. The molecule has 2 atom stereocenters. The van der Waals surface area contributed by atoms with Gasteiger partial charge in [-0.25, -0.2) is 8.42 Å². The first kappa shape index (κ1) is 20.8. The average Bonchev–Trinajstić information content (AvgIpc) is 2.98. The highest BCUT2D eigenvalue weighted by molar-refractivity contribution is 7.89. The van der Waals surface area contributed by atoms with Crippen LogP contribution < -0.4 is 4.74 Å². The molecule has 1 saturated heterocycles. The number of benzene rings is 1. The number of carbonyl (C=O) groups is 1. The third-order valence-corrected chi connectivity index (χ3v) is 7.67. The van der Waals surface area contributed by atoms with Crippen LogP contribution in [0.2, 0.25) is 0 Å². The van der Waals surface area contributed by atoms with Gasteiger partial charge in [-0.2, -0.15) is 4.31 Å². The van der Waals surface area contributed by atoms with E-state index in [4.69, 9.17) is 4.74 Å². The average molecular weight is 430 g/mol. The van der Waals surface area contributed by atoms with E-state index in [0.29, 0.717) is 31.7 Å². The zero-order chi connectivity index (χ0) is 21.3. The number of likely N-dealkylation sites (tertiary alicyclic amines) is 1.